The number of hydrogen-bond acceptors (Lipinski definition) is 5. The first-order valence-electron chi connectivity index (χ1n) is 12.7. The molecule has 1 N–H and O–H groups in total. The quantitative estimate of drug-likeness (QED) is 0.445. The van der Waals surface area contributed by atoms with E-state index in [2.05, 4.69) is 50.6 Å². The highest BCUT2D eigenvalue weighted by Gasteiger charge is 2.34. The van der Waals surface area contributed by atoms with E-state index in [1.54, 1.807) is 6.20 Å². The van der Waals surface area contributed by atoms with E-state index in [9.17, 15) is 0 Å². The maximum atomic E-state index is 6.69. The number of halogens is 2. The van der Waals surface area contributed by atoms with Crippen LogP contribution in [-0.4, -0.2) is 69.6 Å². The van der Waals surface area contributed by atoms with E-state index in [1.807, 2.05) is 30.6 Å². The molecule has 0 aliphatic carbocycles. The summed E-state index contributed by atoms with van der Waals surface area (Å²) < 4.78 is 0. The Morgan fingerprint density at radius 1 is 1.06 bits per heavy atom. The molecule has 2 atom stereocenters. The molecule has 2 aliphatic rings. The largest absolute Gasteiger partial charge is 0.353 e. The summed E-state index contributed by atoms with van der Waals surface area (Å²) in [5, 5.41) is 1.49. The second-order valence-corrected chi connectivity index (χ2v) is 10.6. The number of rotatable bonds is 6. The van der Waals surface area contributed by atoms with Gasteiger partial charge in [-0.25, -0.2) is 9.97 Å². The molecule has 0 unspecified atom stereocenters. The minimum atomic E-state index is 0.421. The molecule has 4 heterocycles. The fourth-order valence-corrected chi connectivity index (χ4v) is 6.09. The number of benzene rings is 1. The van der Waals surface area contributed by atoms with Gasteiger partial charge in [0.2, 0.25) is 0 Å². The van der Waals surface area contributed by atoms with E-state index in [-0.39, 0.29) is 0 Å². The van der Waals surface area contributed by atoms with Crippen molar-refractivity contribution in [2.45, 2.75) is 51.2 Å². The summed E-state index contributed by atoms with van der Waals surface area (Å²) in [4.78, 5) is 19.9. The van der Waals surface area contributed by atoms with Crippen molar-refractivity contribution < 1.29 is 0 Å². The number of nitrogens with one attached hydrogen (secondary N) is 1. The van der Waals surface area contributed by atoms with Gasteiger partial charge in [0.25, 0.3) is 0 Å². The van der Waals surface area contributed by atoms with Crippen LogP contribution in [-0.2, 0) is 0 Å². The predicted molar refractivity (Wildman–Crippen MR) is 144 cm³/mol. The fourth-order valence-electron chi connectivity index (χ4n) is 5.68. The minimum Gasteiger partial charge on any atom is -0.353 e. The maximum absolute atomic E-state index is 6.69. The van der Waals surface area contributed by atoms with Crippen molar-refractivity contribution in [1.29, 1.82) is 0 Å². The molecule has 6 nitrogen and oxygen atoms in total. The summed E-state index contributed by atoms with van der Waals surface area (Å²) in [5.41, 5.74) is 2.25. The van der Waals surface area contributed by atoms with Crippen LogP contribution in [0, 0.1) is 0 Å². The lowest BCUT2D eigenvalue weighted by atomic mass is 9.96. The minimum absolute atomic E-state index is 0.421. The molecule has 35 heavy (non-hydrogen) atoms. The van der Waals surface area contributed by atoms with Crippen molar-refractivity contribution in [2.24, 2.45) is 0 Å². The maximum Gasteiger partial charge on any atom is 0.147 e. The number of H-pyrrole nitrogens is 1. The lowest BCUT2D eigenvalue weighted by Crippen LogP contribution is -2.58. The normalized spacial score (nSPS) is 21.4. The van der Waals surface area contributed by atoms with Crippen molar-refractivity contribution in [3.05, 3.63) is 64.5 Å². The Bertz CT molecular complexity index is 1100. The zero-order valence-electron chi connectivity index (χ0n) is 20.5. The molecule has 2 fully saturated rings. The Balaban J connectivity index is 1.20. The molecule has 0 amide bonds. The second kappa shape index (κ2) is 10.9. The Hall–Kier alpha value is -2.12. The molecule has 0 bridgehead atoms. The van der Waals surface area contributed by atoms with Gasteiger partial charge in [-0.1, -0.05) is 42.3 Å². The van der Waals surface area contributed by atoms with Gasteiger partial charge in [-0.15, -0.1) is 0 Å². The molecule has 0 radical (unpaired) electrons. The number of anilines is 1. The van der Waals surface area contributed by atoms with Gasteiger partial charge in [0.15, 0.2) is 0 Å². The van der Waals surface area contributed by atoms with E-state index in [4.69, 9.17) is 28.2 Å². The summed E-state index contributed by atoms with van der Waals surface area (Å²) in [7, 11) is 0. The lowest BCUT2D eigenvalue weighted by molar-refractivity contribution is 0.0515. The molecule has 8 heteroatoms. The van der Waals surface area contributed by atoms with Crippen LogP contribution in [0.2, 0.25) is 10.0 Å². The fraction of sp³-hybridized carbons (Fsp3) is 0.481. The van der Waals surface area contributed by atoms with Crippen molar-refractivity contribution in [3.63, 3.8) is 0 Å². The van der Waals surface area contributed by atoms with Gasteiger partial charge in [0.05, 0.1) is 5.02 Å². The van der Waals surface area contributed by atoms with E-state index in [0.717, 1.165) is 61.4 Å². The van der Waals surface area contributed by atoms with Crippen LogP contribution >= 0.6 is 23.2 Å². The topological polar surface area (TPSA) is 51.3 Å². The van der Waals surface area contributed by atoms with Crippen LogP contribution in [0.15, 0.2) is 48.9 Å². The van der Waals surface area contributed by atoms with E-state index >= 15 is 0 Å². The van der Waals surface area contributed by atoms with Crippen molar-refractivity contribution in [1.82, 2.24) is 24.8 Å². The second-order valence-electron chi connectivity index (χ2n) is 9.71. The summed E-state index contributed by atoms with van der Waals surface area (Å²) in [6.07, 6.45) is 8.97. The van der Waals surface area contributed by atoms with Crippen LogP contribution in [0.5, 0.6) is 0 Å². The molecule has 0 spiro atoms. The number of likely N-dealkylation sites (tertiary alicyclic amines) is 1. The standard InChI is InChI=1S/C27H34Cl2N6/c1-3-23-18-34(27-25(29)16-21(17-32-27)26-30-10-11-31-26)14-15-35(23)24-8-12-33(13-9-24)19(2)20-4-6-22(28)7-5-20/h4-7,10-11,16-17,19,23-24H,3,8-9,12-15,18H2,1-2H3,(H,30,31)/t19-,23-/m0/s1. The zero-order valence-corrected chi connectivity index (χ0v) is 22.0. The Morgan fingerprint density at radius 3 is 2.49 bits per heavy atom. The van der Waals surface area contributed by atoms with Crippen molar-refractivity contribution in [2.75, 3.05) is 37.6 Å². The number of aromatic nitrogens is 3. The average molecular weight is 514 g/mol. The molecule has 5 rings (SSSR count). The van der Waals surface area contributed by atoms with Gasteiger partial charge >= 0.3 is 0 Å². The highest BCUT2D eigenvalue weighted by molar-refractivity contribution is 6.33. The van der Waals surface area contributed by atoms with Gasteiger partial charge in [-0.2, -0.15) is 0 Å². The van der Waals surface area contributed by atoms with Crippen LogP contribution in [0.4, 0.5) is 5.82 Å². The first kappa shape index (κ1) is 24.6. The Kier molecular flexibility index (Phi) is 7.63. The third-order valence-corrected chi connectivity index (χ3v) is 8.29. The molecule has 0 saturated carbocycles. The summed E-state index contributed by atoms with van der Waals surface area (Å²) in [6.45, 7) is 9.84. The lowest BCUT2D eigenvalue weighted by Gasteiger charge is -2.48. The number of pyridine rings is 1. The molecule has 2 aliphatic heterocycles. The van der Waals surface area contributed by atoms with Crippen LogP contribution < -0.4 is 4.90 Å². The van der Waals surface area contributed by atoms with Gasteiger partial charge < -0.3 is 9.88 Å². The zero-order chi connectivity index (χ0) is 24.4. The van der Waals surface area contributed by atoms with Gasteiger partial charge in [-0.05, 0) is 49.9 Å². The molecular formula is C27H34Cl2N6. The monoisotopic (exact) mass is 512 g/mol. The molecule has 1 aromatic carbocycles. The van der Waals surface area contributed by atoms with Crippen molar-refractivity contribution >= 4 is 29.0 Å². The highest BCUT2D eigenvalue weighted by atomic mass is 35.5. The van der Waals surface area contributed by atoms with E-state index in [0.29, 0.717) is 23.1 Å². The van der Waals surface area contributed by atoms with Gasteiger partial charge in [0.1, 0.15) is 11.6 Å². The first-order valence-corrected chi connectivity index (χ1v) is 13.4. The van der Waals surface area contributed by atoms with Crippen LogP contribution in [0.1, 0.15) is 44.7 Å². The van der Waals surface area contributed by atoms with Crippen LogP contribution in [0.3, 0.4) is 0 Å². The molecule has 186 valence electrons. The molecule has 2 saturated heterocycles. The third kappa shape index (κ3) is 5.36. The number of piperidine rings is 1. The highest BCUT2D eigenvalue weighted by Crippen LogP contribution is 2.32. The summed E-state index contributed by atoms with van der Waals surface area (Å²) in [5.74, 6) is 1.67. The molecule has 3 aromatic rings. The summed E-state index contributed by atoms with van der Waals surface area (Å²) >= 11 is 12.8. The predicted octanol–water partition coefficient (Wildman–Crippen LogP) is 5.90. The number of aromatic amines is 1. The smallest absolute Gasteiger partial charge is 0.147 e. The Labute approximate surface area is 218 Å². The average Bonchev–Trinajstić information content (AvgIpc) is 3.44. The number of imidazole rings is 1. The number of nitrogens with zero attached hydrogens (tertiary/aromatic N) is 5. The van der Waals surface area contributed by atoms with E-state index < -0.39 is 0 Å². The van der Waals surface area contributed by atoms with Gasteiger partial charge in [-0.3, -0.25) is 9.80 Å². The van der Waals surface area contributed by atoms with Gasteiger partial charge in [0, 0.05) is 80.0 Å². The Morgan fingerprint density at radius 2 is 1.83 bits per heavy atom. The third-order valence-electron chi connectivity index (χ3n) is 7.76. The first-order chi connectivity index (χ1) is 17.0. The SMILES string of the molecule is CC[C@H]1CN(c2ncc(-c3ncc[nH]3)cc2Cl)CCN1C1CCN([C@@H](C)c2ccc(Cl)cc2)CC1. The van der Waals surface area contributed by atoms with E-state index in [1.165, 1.54) is 18.4 Å². The number of piperazine rings is 1. The number of hydrogen-bond donors (Lipinski definition) is 1. The molecule has 2 aromatic heterocycles. The van der Waals surface area contributed by atoms with Crippen molar-refractivity contribution in [3.8, 4) is 11.4 Å². The van der Waals surface area contributed by atoms with Crippen LogP contribution in [0.25, 0.3) is 11.4 Å². The molecular weight excluding hydrogens is 479 g/mol. The summed E-state index contributed by atoms with van der Waals surface area (Å²) in [6, 6.07) is 11.8.